The fourth-order valence-corrected chi connectivity index (χ4v) is 2.37. The monoisotopic (exact) mass is 312 g/mol. The second-order valence-corrected chi connectivity index (χ2v) is 5.39. The van der Waals surface area contributed by atoms with Crippen molar-refractivity contribution in [1.29, 1.82) is 0 Å². The fourth-order valence-electron chi connectivity index (χ4n) is 2.37. The van der Waals surface area contributed by atoms with Gasteiger partial charge in [0.25, 0.3) is 5.91 Å². The van der Waals surface area contributed by atoms with Gasteiger partial charge in [0.1, 0.15) is 0 Å². The first-order chi connectivity index (χ1) is 10.9. The number of rotatable bonds is 4. The largest absolute Gasteiger partial charge is 0.465 e. The van der Waals surface area contributed by atoms with Crippen molar-refractivity contribution in [2.24, 2.45) is 0 Å². The van der Waals surface area contributed by atoms with Crippen molar-refractivity contribution >= 4 is 23.3 Å². The number of ether oxygens (including phenoxy) is 1. The van der Waals surface area contributed by atoms with Crippen LogP contribution in [0.2, 0.25) is 0 Å². The van der Waals surface area contributed by atoms with Crippen molar-refractivity contribution in [3.8, 4) is 0 Å². The summed E-state index contributed by atoms with van der Waals surface area (Å²) in [4.78, 5) is 26.2. The van der Waals surface area contributed by atoms with Crippen molar-refractivity contribution in [3.63, 3.8) is 0 Å². The number of para-hydroxylation sites is 1. The van der Waals surface area contributed by atoms with Crippen LogP contribution >= 0.6 is 0 Å². The number of nitrogens with one attached hydrogen (secondary N) is 1. The zero-order chi connectivity index (χ0) is 17.0. The number of benzene rings is 2. The number of nitrogens with zero attached hydrogens (tertiary/aromatic N) is 1. The molecule has 2 rings (SSSR count). The molecule has 0 aliphatic heterocycles. The van der Waals surface area contributed by atoms with Crippen LogP contribution in [0.4, 0.5) is 11.4 Å². The lowest BCUT2D eigenvalue weighted by molar-refractivity contribution is 0.0602. The van der Waals surface area contributed by atoms with Gasteiger partial charge in [-0.15, -0.1) is 0 Å². The second-order valence-electron chi connectivity index (χ2n) is 5.39. The van der Waals surface area contributed by atoms with Crippen LogP contribution in [0.3, 0.4) is 0 Å². The highest BCUT2D eigenvalue weighted by Crippen LogP contribution is 2.21. The number of carbonyl (C=O) groups is 2. The Hall–Kier alpha value is -2.82. The lowest BCUT2D eigenvalue weighted by Gasteiger charge is -2.16. The first-order valence-corrected chi connectivity index (χ1v) is 7.20. The summed E-state index contributed by atoms with van der Waals surface area (Å²) in [5.41, 5.74) is 3.34. The number of aryl methyl sites for hydroxylation is 1. The van der Waals surface area contributed by atoms with Gasteiger partial charge in [-0.3, -0.25) is 4.79 Å². The second kappa shape index (κ2) is 6.96. The predicted molar refractivity (Wildman–Crippen MR) is 91.2 cm³/mol. The summed E-state index contributed by atoms with van der Waals surface area (Å²) in [5.74, 6) is -0.755. The Kier molecular flexibility index (Phi) is 5.01. The van der Waals surface area contributed by atoms with E-state index in [0.29, 0.717) is 16.8 Å². The van der Waals surface area contributed by atoms with E-state index in [4.69, 9.17) is 4.74 Å². The summed E-state index contributed by atoms with van der Waals surface area (Å²) in [6.07, 6.45) is 0. The van der Waals surface area contributed by atoms with Gasteiger partial charge in [-0.05, 0) is 42.8 Å². The van der Waals surface area contributed by atoms with Crippen LogP contribution in [0.15, 0.2) is 42.5 Å². The first-order valence-electron chi connectivity index (χ1n) is 7.20. The van der Waals surface area contributed by atoms with E-state index < -0.39 is 5.97 Å². The smallest absolute Gasteiger partial charge is 0.339 e. The molecule has 0 fully saturated rings. The van der Waals surface area contributed by atoms with Gasteiger partial charge in [0.15, 0.2) is 0 Å². The van der Waals surface area contributed by atoms with Gasteiger partial charge in [-0.2, -0.15) is 0 Å². The molecule has 0 atom stereocenters. The standard InChI is InChI=1S/C18H20N2O3/c1-12-11-13(9-10-16(12)20(2)3)17(21)19-15-8-6-5-7-14(15)18(22)23-4/h5-11H,1-4H3,(H,19,21). The van der Waals surface area contributed by atoms with Crippen molar-refractivity contribution in [2.75, 3.05) is 31.4 Å². The Bertz CT molecular complexity index is 739. The molecule has 120 valence electrons. The molecule has 2 aromatic carbocycles. The number of esters is 1. The summed E-state index contributed by atoms with van der Waals surface area (Å²) in [5, 5.41) is 2.76. The third-order valence-electron chi connectivity index (χ3n) is 3.52. The van der Waals surface area contributed by atoms with E-state index in [2.05, 4.69) is 5.32 Å². The number of anilines is 2. The van der Waals surface area contributed by atoms with Crippen LogP contribution < -0.4 is 10.2 Å². The highest BCUT2D eigenvalue weighted by atomic mass is 16.5. The van der Waals surface area contributed by atoms with Gasteiger partial charge in [-0.1, -0.05) is 12.1 Å². The fraction of sp³-hybridized carbons (Fsp3) is 0.222. The lowest BCUT2D eigenvalue weighted by atomic mass is 10.1. The van der Waals surface area contributed by atoms with Gasteiger partial charge < -0.3 is 15.0 Å². The molecule has 0 aliphatic carbocycles. The molecular formula is C18H20N2O3. The van der Waals surface area contributed by atoms with Crippen LogP contribution in [0.1, 0.15) is 26.3 Å². The van der Waals surface area contributed by atoms with Crippen LogP contribution in [0.5, 0.6) is 0 Å². The summed E-state index contributed by atoms with van der Waals surface area (Å²) in [6.45, 7) is 1.95. The molecule has 0 aliphatic rings. The van der Waals surface area contributed by atoms with Gasteiger partial charge in [0.2, 0.25) is 0 Å². The van der Waals surface area contributed by atoms with E-state index in [-0.39, 0.29) is 5.91 Å². The van der Waals surface area contributed by atoms with E-state index in [1.807, 2.05) is 38.1 Å². The topological polar surface area (TPSA) is 58.6 Å². The quantitative estimate of drug-likeness (QED) is 0.881. The number of hydrogen-bond donors (Lipinski definition) is 1. The Labute approximate surface area is 135 Å². The minimum Gasteiger partial charge on any atom is -0.465 e. The van der Waals surface area contributed by atoms with Crippen LogP contribution in [0.25, 0.3) is 0 Å². The average Bonchev–Trinajstić information content (AvgIpc) is 2.54. The third-order valence-corrected chi connectivity index (χ3v) is 3.52. The molecule has 23 heavy (non-hydrogen) atoms. The lowest BCUT2D eigenvalue weighted by Crippen LogP contribution is -2.16. The Morgan fingerprint density at radius 2 is 1.78 bits per heavy atom. The number of methoxy groups -OCH3 is 1. The normalized spacial score (nSPS) is 10.1. The molecule has 0 bridgehead atoms. The maximum Gasteiger partial charge on any atom is 0.339 e. The summed E-state index contributed by atoms with van der Waals surface area (Å²) < 4.78 is 4.73. The molecule has 0 spiro atoms. The molecule has 0 saturated heterocycles. The minimum absolute atomic E-state index is 0.269. The van der Waals surface area contributed by atoms with Crippen LogP contribution in [0, 0.1) is 6.92 Å². The molecule has 2 aromatic rings. The number of hydrogen-bond acceptors (Lipinski definition) is 4. The summed E-state index contributed by atoms with van der Waals surface area (Å²) in [6, 6.07) is 12.2. The van der Waals surface area contributed by atoms with E-state index in [1.165, 1.54) is 7.11 Å². The molecule has 5 heteroatoms. The van der Waals surface area contributed by atoms with Crippen molar-refractivity contribution < 1.29 is 14.3 Å². The maximum absolute atomic E-state index is 12.4. The minimum atomic E-state index is -0.486. The molecular weight excluding hydrogens is 292 g/mol. The van der Waals surface area contributed by atoms with Gasteiger partial charge >= 0.3 is 5.97 Å². The molecule has 1 amide bonds. The Balaban J connectivity index is 2.27. The van der Waals surface area contributed by atoms with Crippen molar-refractivity contribution in [3.05, 3.63) is 59.2 Å². The van der Waals surface area contributed by atoms with E-state index in [9.17, 15) is 9.59 Å². The molecule has 0 saturated carbocycles. The summed E-state index contributed by atoms with van der Waals surface area (Å²) >= 11 is 0. The maximum atomic E-state index is 12.4. The third kappa shape index (κ3) is 3.69. The molecule has 1 N–H and O–H groups in total. The molecule has 5 nitrogen and oxygen atoms in total. The van der Waals surface area contributed by atoms with E-state index >= 15 is 0 Å². The van der Waals surface area contributed by atoms with Crippen molar-refractivity contribution in [2.45, 2.75) is 6.92 Å². The van der Waals surface area contributed by atoms with Gasteiger partial charge in [-0.25, -0.2) is 4.79 Å². The number of amides is 1. The molecule has 0 aromatic heterocycles. The van der Waals surface area contributed by atoms with Crippen LogP contribution in [-0.4, -0.2) is 33.1 Å². The average molecular weight is 312 g/mol. The van der Waals surface area contributed by atoms with E-state index in [0.717, 1.165) is 11.3 Å². The molecule has 0 heterocycles. The van der Waals surface area contributed by atoms with Crippen LogP contribution in [-0.2, 0) is 4.74 Å². The highest BCUT2D eigenvalue weighted by Gasteiger charge is 2.15. The highest BCUT2D eigenvalue weighted by molar-refractivity contribution is 6.08. The van der Waals surface area contributed by atoms with E-state index in [1.54, 1.807) is 30.3 Å². The SMILES string of the molecule is COC(=O)c1ccccc1NC(=O)c1ccc(N(C)C)c(C)c1. The predicted octanol–water partition coefficient (Wildman–Crippen LogP) is 3.10. The van der Waals surface area contributed by atoms with Gasteiger partial charge in [0, 0.05) is 25.3 Å². The zero-order valence-corrected chi connectivity index (χ0v) is 13.7. The molecule has 0 radical (unpaired) electrons. The Morgan fingerprint density at radius 1 is 1.09 bits per heavy atom. The van der Waals surface area contributed by atoms with Crippen molar-refractivity contribution in [1.82, 2.24) is 0 Å². The van der Waals surface area contributed by atoms with Gasteiger partial charge in [0.05, 0.1) is 18.4 Å². The summed E-state index contributed by atoms with van der Waals surface area (Å²) in [7, 11) is 5.22. The Morgan fingerprint density at radius 3 is 2.39 bits per heavy atom. The first kappa shape index (κ1) is 16.5. The molecule has 0 unspecified atom stereocenters. The number of carbonyl (C=O) groups excluding carboxylic acids is 2. The zero-order valence-electron chi connectivity index (χ0n) is 13.7.